The minimum atomic E-state index is -0.172. The highest BCUT2D eigenvalue weighted by molar-refractivity contribution is 7.48. The molecule has 0 saturated heterocycles. The van der Waals surface area contributed by atoms with Crippen molar-refractivity contribution in [2.75, 3.05) is 0 Å². The molecule has 0 aliphatic carbocycles. The summed E-state index contributed by atoms with van der Waals surface area (Å²) < 4.78 is 21.4. The lowest BCUT2D eigenvalue weighted by atomic mass is 9.81. The Labute approximate surface area is 201 Å². The quantitative estimate of drug-likeness (QED) is 0.289. The van der Waals surface area contributed by atoms with Crippen LogP contribution in [0.4, 0.5) is 4.39 Å². The molecule has 0 spiro atoms. The summed E-state index contributed by atoms with van der Waals surface area (Å²) in [5, 5.41) is 0.634. The summed E-state index contributed by atoms with van der Waals surface area (Å²) in [5.41, 5.74) is 4.85. The third-order valence-electron chi connectivity index (χ3n) is 6.41. The molecule has 3 rings (SSSR count). The molecule has 0 aromatic heterocycles. The van der Waals surface area contributed by atoms with E-state index in [0.717, 1.165) is 41.4 Å². The molecule has 0 heterocycles. The van der Waals surface area contributed by atoms with E-state index in [-0.39, 0.29) is 16.4 Å². The average molecular weight is 465 g/mol. The van der Waals surface area contributed by atoms with Gasteiger partial charge in [-0.05, 0) is 47.9 Å². The normalized spacial score (nSPS) is 13.9. The van der Waals surface area contributed by atoms with Gasteiger partial charge >= 0.3 is 0 Å². The highest BCUT2D eigenvalue weighted by Gasteiger charge is 2.35. The van der Waals surface area contributed by atoms with Crippen LogP contribution < -0.4 is 10.0 Å². The first-order valence-corrected chi connectivity index (χ1v) is 13.0. The van der Waals surface area contributed by atoms with Crippen molar-refractivity contribution >= 4 is 13.9 Å². The lowest BCUT2D eigenvalue weighted by molar-refractivity contribution is 0.295. The molecule has 0 amide bonds. The van der Waals surface area contributed by atoms with Crippen molar-refractivity contribution in [3.8, 4) is 5.75 Å². The predicted molar refractivity (Wildman–Crippen MR) is 142 cm³/mol. The topological polar surface area (TPSA) is 9.23 Å². The van der Waals surface area contributed by atoms with Crippen LogP contribution in [0.1, 0.15) is 76.1 Å². The smallest absolute Gasteiger partial charge is 0.130 e. The fourth-order valence-corrected chi connectivity index (χ4v) is 6.22. The first kappa shape index (κ1) is 25.4. The maximum atomic E-state index is 14.8. The average Bonchev–Trinajstić information content (AvgIpc) is 2.79. The third-order valence-corrected chi connectivity index (χ3v) is 8.44. The van der Waals surface area contributed by atoms with Crippen LogP contribution in [0, 0.1) is 12.7 Å². The van der Waals surface area contributed by atoms with Crippen LogP contribution in [-0.2, 0) is 17.2 Å². The molecule has 0 aliphatic rings. The molecule has 0 saturated carbocycles. The van der Waals surface area contributed by atoms with Gasteiger partial charge in [0.2, 0.25) is 0 Å². The van der Waals surface area contributed by atoms with E-state index >= 15 is 0 Å². The maximum absolute atomic E-state index is 14.8. The SMILES string of the molecule is CCCC(CC)(Pc1ccccc1F)c1cc(C(C)(C)C)cc(C)c1OCc1ccccc1. The Kier molecular flexibility index (Phi) is 8.35. The fourth-order valence-electron chi connectivity index (χ4n) is 4.45. The zero-order valence-corrected chi connectivity index (χ0v) is 22.0. The summed E-state index contributed by atoms with van der Waals surface area (Å²) >= 11 is 0. The summed E-state index contributed by atoms with van der Waals surface area (Å²) in [6.07, 6.45) is 2.96. The van der Waals surface area contributed by atoms with E-state index in [0.29, 0.717) is 15.2 Å². The molecule has 0 radical (unpaired) electrons. The first-order chi connectivity index (χ1) is 15.7. The molecule has 0 N–H and O–H groups in total. The number of halogens is 1. The predicted octanol–water partition coefficient (Wildman–Crippen LogP) is 8.42. The zero-order chi connectivity index (χ0) is 24.1. The van der Waals surface area contributed by atoms with Crippen LogP contribution in [0.3, 0.4) is 0 Å². The van der Waals surface area contributed by atoms with Crippen LogP contribution in [0.5, 0.6) is 5.75 Å². The fraction of sp³-hybridized carbons (Fsp3) is 0.400. The van der Waals surface area contributed by atoms with Crippen LogP contribution in [-0.4, -0.2) is 0 Å². The van der Waals surface area contributed by atoms with Crippen LogP contribution in [0.2, 0.25) is 0 Å². The van der Waals surface area contributed by atoms with E-state index in [1.807, 2.05) is 30.3 Å². The third kappa shape index (κ3) is 6.04. The van der Waals surface area contributed by atoms with Crippen molar-refractivity contribution in [3.63, 3.8) is 0 Å². The molecule has 0 fully saturated rings. The van der Waals surface area contributed by atoms with Gasteiger partial charge in [0.15, 0.2) is 0 Å². The molecular formula is C30H38FOP. The van der Waals surface area contributed by atoms with Crippen molar-refractivity contribution in [3.05, 3.63) is 94.8 Å². The van der Waals surface area contributed by atoms with Gasteiger partial charge in [-0.2, -0.15) is 0 Å². The minimum absolute atomic E-state index is 0.0181. The second-order valence-electron chi connectivity index (χ2n) is 9.98. The van der Waals surface area contributed by atoms with E-state index in [1.165, 1.54) is 11.1 Å². The van der Waals surface area contributed by atoms with Gasteiger partial charge in [-0.1, -0.05) is 110 Å². The van der Waals surface area contributed by atoms with Crippen molar-refractivity contribution < 1.29 is 9.13 Å². The molecule has 33 heavy (non-hydrogen) atoms. The lowest BCUT2D eigenvalue weighted by Crippen LogP contribution is -2.26. The number of aryl methyl sites for hydroxylation is 1. The van der Waals surface area contributed by atoms with Gasteiger partial charge in [0.25, 0.3) is 0 Å². The standard InChI is InChI=1S/C30H38FOP/c1-7-18-30(8-2,33-27-17-13-12-16-26(27)31)25-20-24(29(4,5)6)19-22(3)28(25)32-21-23-14-10-9-11-15-23/h9-17,19-20,33H,7-8,18,21H2,1-6H3. The van der Waals surface area contributed by atoms with Crippen molar-refractivity contribution in [1.29, 1.82) is 0 Å². The van der Waals surface area contributed by atoms with Crippen molar-refractivity contribution in [1.82, 2.24) is 0 Å². The molecule has 3 aromatic carbocycles. The first-order valence-electron chi connectivity index (χ1n) is 12.0. The summed E-state index contributed by atoms with van der Waals surface area (Å²) in [5.74, 6) is 0.853. The Bertz CT molecular complexity index is 1050. The van der Waals surface area contributed by atoms with Gasteiger partial charge in [-0.25, -0.2) is 4.39 Å². The zero-order valence-electron chi connectivity index (χ0n) is 21.0. The van der Waals surface area contributed by atoms with Crippen LogP contribution in [0.25, 0.3) is 0 Å². The summed E-state index contributed by atoms with van der Waals surface area (Å²) in [4.78, 5) is 0. The van der Waals surface area contributed by atoms with Gasteiger partial charge < -0.3 is 4.74 Å². The van der Waals surface area contributed by atoms with Gasteiger partial charge in [0.05, 0.1) is 0 Å². The highest BCUT2D eigenvalue weighted by atomic mass is 31.1. The van der Waals surface area contributed by atoms with Crippen molar-refractivity contribution in [2.45, 2.75) is 78.0 Å². The molecule has 3 heteroatoms. The molecule has 1 nitrogen and oxygen atoms in total. The molecule has 0 aliphatic heterocycles. The van der Waals surface area contributed by atoms with Gasteiger partial charge in [0.1, 0.15) is 18.2 Å². The molecule has 2 unspecified atom stereocenters. The highest BCUT2D eigenvalue weighted by Crippen LogP contribution is 2.52. The van der Waals surface area contributed by atoms with E-state index in [1.54, 1.807) is 12.1 Å². The molecule has 3 aromatic rings. The Morgan fingerprint density at radius 2 is 1.58 bits per heavy atom. The molecular weight excluding hydrogens is 426 g/mol. The Hall–Kier alpha value is -2.18. The molecule has 0 bridgehead atoms. The van der Waals surface area contributed by atoms with E-state index in [2.05, 4.69) is 65.8 Å². The molecule has 176 valence electrons. The minimum Gasteiger partial charge on any atom is -0.488 e. The van der Waals surface area contributed by atoms with Gasteiger partial charge in [-0.3, -0.25) is 0 Å². The van der Waals surface area contributed by atoms with Crippen LogP contribution >= 0.6 is 8.58 Å². The number of hydrogen-bond donors (Lipinski definition) is 0. The Morgan fingerprint density at radius 3 is 2.18 bits per heavy atom. The maximum Gasteiger partial charge on any atom is 0.130 e. The Balaban J connectivity index is 2.16. The number of hydrogen-bond acceptors (Lipinski definition) is 1. The summed E-state index contributed by atoms with van der Waals surface area (Å²) in [6.45, 7) is 13.9. The van der Waals surface area contributed by atoms with Gasteiger partial charge in [0, 0.05) is 16.0 Å². The summed E-state index contributed by atoms with van der Waals surface area (Å²) in [7, 11) is 0.337. The monoisotopic (exact) mass is 464 g/mol. The van der Waals surface area contributed by atoms with Gasteiger partial charge in [-0.15, -0.1) is 0 Å². The van der Waals surface area contributed by atoms with Crippen LogP contribution in [0.15, 0.2) is 66.7 Å². The largest absolute Gasteiger partial charge is 0.488 e. The van der Waals surface area contributed by atoms with E-state index in [9.17, 15) is 4.39 Å². The van der Waals surface area contributed by atoms with Crippen molar-refractivity contribution in [2.24, 2.45) is 0 Å². The molecule has 2 atom stereocenters. The van der Waals surface area contributed by atoms with E-state index in [4.69, 9.17) is 4.74 Å². The number of rotatable bonds is 9. The Morgan fingerprint density at radius 1 is 0.909 bits per heavy atom. The van der Waals surface area contributed by atoms with E-state index < -0.39 is 0 Å². The second-order valence-corrected chi connectivity index (χ2v) is 11.7. The second kappa shape index (κ2) is 10.8. The lowest BCUT2D eigenvalue weighted by Gasteiger charge is -2.37. The number of ether oxygens (including phenoxy) is 1. The summed E-state index contributed by atoms with van der Waals surface area (Å²) in [6, 6.07) is 22.2. The number of benzene rings is 3.